The van der Waals surface area contributed by atoms with Crippen LogP contribution in [0.3, 0.4) is 0 Å². The van der Waals surface area contributed by atoms with Gasteiger partial charge in [0.05, 0.1) is 13.0 Å². The summed E-state index contributed by atoms with van der Waals surface area (Å²) < 4.78 is 34.9. The molecule has 0 spiro atoms. The average molecular weight is 308 g/mol. The van der Waals surface area contributed by atoms with Gasteiger partial charge in [-0.3, -0.25) is 14.1 Å². The molecule has 0 heterocycles. The van der Waals surface area contributed by atoms with Gasteiger partial charge in [-0.15, -0.1) is 0 Å². The quantitative estimate of drug-likeness (QED) is 0.276. The number of hydrogen-bond donors (Lipinski definition) is 2. The molecule has 0 saturated carbocycles. The molecular formula is C9H17KO7S. The first-order chi connectivity index (χ1) is 7.79. The number of rotatable bonds is 8. The van der Waals surface area contributed by atoms with Crippen molar-refractivity contribution in [1.29, 1.82) is 0 Å². The van der Waals surface area contributed by atoms with E-state index in [0.29, 0.717) is 6.42 Å². The second kappa shape index (κ2) is 10.3. The van der Waals surface area contributed by atoms with E-state index < -0.39 is 33.7 Å². The monoisotopic (exact) mass is 308 g/mol. The summed E-state index contributed by atoms with van der Waals surface area (Å²) in [5, 5.41) is 6.37. The molecule has 0 fully saturated rings. The Kier molecular flexibility index (Phi) is 11.9. The summed E-state index contributed by atoms with van der Waals surface area (Å²) in [4.78, 5) is 21.6. The van der Waals surface area contributed by atoms with Crippen molar-refractivity contribution in [3.8, 4) is 0 Å². The van der Waals surface area contributed by atoms with E-state index in [9.17, 15) is 18.0 Å². The molecule has 0 aromatic heterocycles. The van der Waals surface area contributed by atoms with Crippen LogP contribution in [0.2, 0.25) is 0 Å². The molecule has 0 aromatic carbocycles. The number of carboxylic acid groups (broad SMARTS) is 1. The molecule has 0 bridgehead atoms. The Morgan fingerprint density at radius 1 is 1.28 bits per heavy atom. The van der Waals surface area contributed by atoms with Crippen molar-refractivity contribution in [1.82, 2.24) is 0 Å². The van der Waals surface area contributed by atoms with Crippen LogP contribution in [0, 0.1) is 0 Å². The topological polar surface area (TPSA) is 118 Å². The fraction of sp³-hybridized carbons (Fsp3) is 0.778. The third-order valence-corrected chi connectivity index (χ3v) is 3.05. The van der Waals surface area contributed by atoms with E-state index in [4.69, 9.17) is 9.66 Å². The van der Waals surface area contributed by atoms with Crippen molar-refractivity contribution in [2.75, 3.05) is 6.61 Å². The normalized spacial score (nSPS) is 12.3. The van der Waals surface area contributed by atoms with E-state index in [1.54, 1.807) is 0 Å². The summed E-state index contributed by atoms with van der Waals surface area (Å²) in [6.07, 6.45) is 1.26. The molecule has 0 aromatic rings. The van der Waals surface area contributed by atoms with Crippen LogP contribution in [0.1, 0.15) is 32.6 Å². The molecule has 7 nitrogen and oxygen atoms in total. The van der Waals surface area contributed by atoms with Crippen LogP contribution in [-0.2, 0) is 24.4 Å². The van der Waals surface area contributed by atoms with Gasteiger partial charge in [0.25, 0.3) is 10.1 Å². The standard InChI is InChI=1S/C9H16O7S.K.H/c1-2-3-4-5-16-9(12)7(6-8(10)11)17(13,14)15;;/h7H,2-6H2,1H3,(H,10,11)(H,13,14,15);;. The Morgan fingerprint density at radius 2 is 1.83 bits per heavy atom. The third-order valence-electron chi connectivity index (χ3n) is 1.97. The molecular weight excluding hydrogens is 291 g/mol. The second-order valence-corrected chi connectivity index (χ2v) is 5.08. The zero-order chi connectivity index (χ0) is 13.5. The molecule has 2 N–H and O–H groups in total. The van der Waals surface area contributed by atoms with Gasteiger partial charge in [-0.2, -0.15) is 8.42 Å². The zero-order valence-corrected chi connectivity index (χ0v) is 10.3. The van der Waals surface area contributed by atoms with Gasteiger partial charge < -0.3 is 9.84 Å². The minimum atomic E-state index is -4.76. The molecule has 0 radical (unpaired) electrons. The molecule has 1 atom stereocenters. The summed E-state index contributed by atoms with van der Waals surface area (Å²) in [7, 11) is -4.76. The van der Waals surface area contributed by atoms with Gasteiger partial charge in [0.2, 0.25) is 0 Å². The van der Waals surface area contributed by atoms with Crippen molar-refractivity contribution in [3.05, 3.63) is 0 Å². The van der Waals surface area contributed by atoms with Crippen molar-refractivity contribution in [2.45, 2.75) is 37.9 Å². The van der Waals surface area contributed by atoms with Crippen LogP contribution in [-0.4, -0.2) is 93.3 Å². The van der Waals surface area contributed by atoms with E-state index in [2.05, 4.69) is 4.74 Å². The summed E-state index contributed by atoms with van der Waals surface area (Å²) in [5.74, 6) is -2.73. The number of aliphatic carboxylic acids is 1. The second-order valence-electron chi connectivity index (χ2n) is 3.48. The van der Waals surface area contributed by atoms with E-state index in [0.717, 1.165) is 12.8 Å². The first-order valence-corrected chi connectivity index (χ1v) is 6.64. The van der Waals surface area contributed by atoms with E-state index in [1.165, 1.54) is 0 Å². The molecule has 0 aliphatic carbocycles. The van der Waals surface area contributed by atoms with Gasteiger partial charge in [0.1, 0.15) is 0 Å². The molecule has 0 aliphatic rings. The van der Waals surface area contributed by atoms with Crippen molar-refractivity contribution < 1.29 is 32.4 Å². The van der Waals surface area contributed by atoms with Gasteiger partial charge in [0, 0.05) is 0 Å². The molecule has 1 unspecified atom stereocenters. The van der Waals surface area contributed by atoms with Crippen LogP contribution < -0.4 is 0 Å². The maximum absolute atomic E-state index is 11.3. The predicted octanol–water partition coefficient (Wildman–Crippen LogP) is -0.198. The van der Waals surface area contributed by atoms with E-state index in [-0.39, 0.29) is 58.0 Å². The van der Waals surface area contributed by atoms with Crippen LogP contribution in [0.5, 0.6) is 0 Å². The van der Waals surface area contributed by atoms with Gasteiger partial charge in [0.15, 0.2) is 5.25 Å². The number of carbonyl (C=O) groups is 2. The van der Waals surface area contributed by atoms with Crippen molar-refractivity contribution in [3.63, 3.8) is 0 Å². The average Bonchev–Trinajstić information content (AvgIpc) is 2.19. The van der Waals surface area contributed by atoms with Crippen molar-refractivity contribution >= 4 is 73.4 Å². The fourth-order valence-electron chi connectivity index (χ4n) is 1.09. The van der Waals surface area contributed by atoms with E-state index in [1.807, 2.05) is 6.92 Å². The van der Waals surface area contributed by atoms with Crippen LogP contribution in [0.25, 0.3) is 0 Å². The molecule has 0 saturated heterocycles. The minimum absolute atomic E-state index is 0. The number of carboxylic acids is 1. The Bertz CT molecular complexity index is 365. The van der Waals surface area contributed by atoms with Crippen LogP contribution in [0.15, 0.2) is 0 Å². The van der Waals surface area contributed by atoms with Crippen LogP contribution >= 0.6 is 0 Å². The predicted molar refractivity (Wildman–Crippen MR) is 65.2 cm³/mol. The maximum atomic E-state index is 11.3. The summed E-state index contributed by atoms with van der Waals surface area (Å²) in [5.41, 5.74) is 0. The van der Waals surface area contributed by atoms with Gasteiger partial charge >= 0.3 is 63.3 Å². The summed E-state index contributed by atoms with van der Waals surface area (Å²) >= 11 is 0. The third kappa shape index (κ3) is 9.42. The number of carbonyl (C=O) groups excluding carboxylic acids is 1. The Morgan fingerprint density at radius 3 is 2.22 bits per heavy atom. The molecule has 0 rings (SSSR count). The van der Waals surface area contributed by atoms with Gasteiger partial charge in [-0.25, -0.2) is 0 Å². The molecule has 102 valence electrons. The number of unbranched alkanes of at least 4 members (excludes halogenated alkanes) is 2. The van der Waals surface area contributed by atoms with Crippen LogP contribution in [0.4, 0.5) is 0 Å². The van der Waals surface area contributed by atoms with E-state index >= 15 is 0 Å². The molecule has 0 amide bonds. The summed E-state index contributed by atoms with van der Waals surface area (Å²) in [6, 6.07) is 0. The first kappa shape index (κ1) is 20.8. The Labute approximate surface area is 148 Å². The number of esters is 1. The zero-order valence-electron chi connectivity index (χ0n) is 9.46. The Balaban J connectivity index is 0. The van der Waals surface area contributed by atoms with Crippen molar-refractivity contribution in [2.24, 2.45) is 0 Å². The number of ether oxygens (including phenoxy) is 1. The Hall–Kier alpha value is 0.486. The molecule has 18 heavy (non-hydrogen) atoms. The van der Waals surface area contributed by atoms with Gasteiger partial charge in [-0.1, -0.05) is 19.8 Å². The summed E-state index contributed by atoms with van der Waals surface area (Å²) in [6.45, 7) is 1.95. The fourth-order valence-corrected chi connectivity index (χ4v) is 1.75. The first-order valence-electron chi connectivity index (χ1n) is 5.13. The molecule has 9 heteroatoms. The molecule has 0 aliphatic heterocycles. The SMILES string of the molecule is CCCCCOC(=O)C(CC(=O)O)S(=O)(=O)O.[KH]. The number of hydrogen-bond acceptors (Lipinski definition) is 5. The van der Waals surface area contributed by atoms with Gasteiger partial charge in [-0.05, 0) is 6.42 Å².